The summed E-state index contributed by atoms with van der Waals surface area (Å²) in [5.74, 6) is -0.500. The summed E-state index contributed by atoms with van der Waals surface area (Å²) in [6.45, 7) is 0.259. The second kappa shape index (κ2) is 10.1. The van der Waals surface area contributed by atoms with Crippen LogP contribution < -0.4 is 14.4 Å². The molecule has 1 saturated heterocycles. The summed E-state index contributed by atoms with van der Waals surface area (Å²) in [5, 5.41) is 2.91. The Hall–Kier alpha value is -2.05. The average molecular weight is 536 g/mol. The normalized spacial score (nSPS) is 14.8. The smallest absolute Gasteiger partial charge is 0.245 e. The standard InChI is InChI=1S/C20H23Cl2N3O6S2/c1-31-19-8-6-15(33(29,30)24-9-3-4-10-24)12-17(19)23-20(26)13-25(32(2,27)28)18-7-5-14(21)11-16(18)22/h5-8,11-12H,3-4,9-10,13H2,1-2H3,(H,23,26). The van der Waals surface area contributed by atoms with E-state index >= 15 is 0 Å². The van der Waals surface area contributed by atoms with Gasteiger partial charge in [-0.3, -0.25) is 9.10 Å². The molecular formula is C20H23Cl2N3O6S2. The molecule has 1 aliphatic rings. The number of carbonyl (C=O) groups excluding carboxylic acids is 1. The minimum absolute atomic E-state index is 0.00112. The number of rotatable bonds is 8. The monoisotopic (exact) mass is 535 g/mol. The Morgan fingerprint density at radius 1 is 1.09 bits per heavy atom. The Balaban J connectivity index is 1.89. The third kappa shape index (κ3) is 5.90. The molecule has 1 fully saturated rings. The summed E-state index contributed by atoms with van der Waals surface area (Å²) < 4.78 is 57.9. The molecule has 0 bridgehead atoms. The van der Waals surface area contributed by atoms with Crippen molar-refractivity contribution < 1.29 is 26.4 Å². The zero-order valence-electron chi connectivity index (χ0n) is 17.9. The fourth-order valence-electron chi connectivity index (χ4n) is 3.41. The van der Waals surface area contributed by atoms with Crippen molar-refractivity contribution in [2.75, 3.05) is 42.6 Å². The highest BCUT2D eigenvalue weighted by atomic mass is 35.5. The van der Waals surface area contributed by atoms with Gasteiger partial charge in [0.2, 0.25) is 26.0 Å². The molecule has 0 saturated carbocycles. The fraction of sp³-hybridized carbons (Fsp3) is 0.350. The molecule has 0 unspecified atom stereocenters. The van der Waals surface area contributed by atoms with E-state index in [9.17, 15) is 21.6 Å². The van der Waals surface area contributed by atoms with E-state index in [0.717, 1.165) is 23.4 Å². The van der Waals surface area contributed by atoms with Crippen molar-refractivity contribution in [1.29, 1.82) is 0 Å². The van der Waals surface area contributed by atoms with Gasteiger partial charge in [0.05, 0.1) is 34.7 Å². The van der Waals surface area contributed by atoms with E-state index < -0.39 is 32.5 Å². The maximum atomic E-state index is 12.9. The molecule has 0 radical (unpaired) electrons. The van der Waals surface area contributed by atoms with Crippen LogP contribution in [-0.4, -0.2) is 60.0 Å². The number of benzene rings is 2. The molecule has 1 amide bonds. The number of ether oxygens (including phenoxy) is 1. The van der Waals surface area contributed by atoms with E-state index in [2.05, 4.69) is 5.32 Å². The van der Waals surface area contributed by atoms with E-state index in [0.29, 0.717) is 18.1 Å². The largest absolute Gasteiger partial charge is 0.495 e. The quantitative estimate of drug-likeness (QED) is 0.555. The number of nitrogens with zero attached hydrogens (tertiary/aromatic N) is 2. The number of sulfonamides is 2. The molecule has 0 spiro atoms. The summed E-state index contributed by atoms with van der Waals surface area (Å²) in [4.78, 5) is 12.8. The first-order valence-corrected chi connectivity index (χ1v) is 13.9. The van der Waals surface area contributed by atoms with Crippen molar-refractivity contribution in [3.63, 3.8) is 0 Å². The van der Waals surface area contributed by atoms with Crippen LogP contribution in [0.4, 0.5) is 11.4 Å². The lowest BCUT2D eigenvalue weighted by molar-refractivity contribution is -0.114. The lowest BCUT2D eigenvalue weighted by Gasteiger charge is -2.23. The number of amides is 1. The van der Waals surface area contributed by atoms with E-state index in [1.165, 1.54) is 47.8 Å². The number of hydrogen-bond acceptors (Lipinski definition) is 6. The van der Waals surface area contributed by atoms with Crippen LogP contribution in [0.5, 0.6) is 5.75 Å². The van der Waals surface area contributed by atoms with Gasteiger partial charge in [0.25, 0.3) is 0 Å². The number of anilines is 2. The van der Waals surface area contributed by atoms with Gasteiger partial charge in [-0.25, -0.2) is 16.8 Å². The number of nitrogens with one attached hydrogen (secondary N) is 1. The molecule has 1 aliphatic heterocycles. The van der Waals surface area contributed by atoms with Crippen molar-refractivity contribution in [3.05, 3.63) is 46.4 Å². The van der Waals surface area contributed by atoms with Crippen LogP contribution in [0, 0.1) is 0 Å². The number of halogens is 2. The Morgan fingerprint density at radius 3 is 2.33 bits per heavy atom. The van der Waals surface area contributed by atoms with Gasteiger partial charge < -0.3 is 10.1 Å². The minimum atomic E-state index is -3.89. The van der Waals surface area contributed by atoms with Gasteiger partial charge >= 0.3 is 0 Å². The fourth-order valence-corrected chi connectivity index (χ4v) is 6.38. The molecule has 1 N–H and O–H groups in total. The summed E-state index contributed by atoms with van der Waals surface area (Å²) in [7, 11) is -6.25. The Kier molecular flexibility index (Phi) is 7.80. The van der Waals surface area contributed by atoms with Crippen LogP contribution in [0.2, 0.25) is 10.0 Å². The summed E-state index contributed by atoms with van der Waals surface area (Å²) in [6.07, 6.45) is 2.51. The lowest BCUT2D eigenvalue weighted by Crippen LogP contribution is -2.37. The van der Waals surface area contributed by atoms with Gasteiger partial charge in [0.1, 0.15) is 12.3 Å². The molecule has 0 atom stereocenters. The molecule has 9 nitrogen and oxygen atoms in total. The maximum Gasteiger partial charge on any atom is 0.245 e. The zero-order valence-corrected chi connectivity index (χ0v) is 21.1. The van der Waals surface area contributed by atoms with Crippen molar-refractivity contribution in [3.8, 4) is 5.75 Å². The van der Waals surface area contributed by atoms with Gasteiger partial charge in [-0.2, -0.15) is 4.31 Å². The molecule has 2 aromatic carbocycles. The summed E-state index contributed by atoms with van der Waals surface area (Å²) in [6, 6.07) is 8.34. The van der Waals surface area contributed by atoms with Crippen molar-refractivity contribution >= 4 is 60.5 Å². The van der Waals surface area contributed by atoms with E-state index in [-0.39, 0.29) is 27.0 Å². The first-order valence-electron chi connectivity index (χ1n) is 9.84. The van der Waals surface area contributed by atoms with Gasteiger partial charge in [-0.15, -0.1) is 0 Å². The first kappa shape index (κ1) is 25.6. The summed E-state index contributed by atoms with van der Waals surface area (Å²) >= 11 is 12.0. The topological polar surface area (TPSA) is 113 Å². The van der Waals surface area contributed by atoms with Crippen LogP contribution in [-0.2, 0) is 24.8 Å². The Morgan fingerprint density at radius 2 is 1.76 bits per heavy atom. The summed E-state index contributed by atoms with van der Waals surface area (Å²) in [5.41, 5.74) is 0.175. The van der Waals surface area contributed by atoms with Crippen molar-refractivity contribution in [1.82, 2.24) is 4.31 Å². The van der Waals surface area contributed by atoms with Gasteiger partial charge in [0.15, 0.2) is 0 Å². The third-order valence-corrected chi connectivity index (χ3v) is 8.57. The lowest BCUT2D eigenvalue weighted by atomic mass is 10.3. The maximum absolute atomic E-state index is 12.9. The highest BCUT2D eigenvalue weighted by Gasteiger charge is 2.29. The second-order valence-electron chi connectivity index (χ2n) is 7.39. The molecule has 0 aliphatic carbocycles. The molecule has 33 heavy (non-hydrogen) atoms. The Labute approximate surface area is 203 Å². The number of carbonyl (C=O) groups is 1. The number of hydrogen-bond donors (Lipinski definition) is 1. The molecular weight excluding hydrogens is 513 g/mol. The van der Waals surface area contributed by atoms with Crippen LogP contribution in [0.1, 0.15) is 12.8 Å². The minimum Gasteiger partial charge on any atom is -0.495 e. The third-order valence-electron chi connectivity index (χ3n) is 5.01. The molecule has 3 rings (SSSR count). The highest BCUT2D eigenvalue weighted by Crippen LogP contribution is 2.32. The predicted molar refractivity (Wildman–Crippen MR) is 128 cm³/mol. The van der Waals surface area contributed by atoms with Crippen LogP contribution in [0.3, 0.4) is 0 Å². The average Bonchev–Trinajstić information content (AvgIpc) is 3.27. The first-order chi connectivity index (χ1) is 15.4. The molecule has 2 aromatic rings. The molecule has 1 heterocycles. The van der Waals surface area contributed by atoms with Crippen molar-refractivity contribution in [2.45, 2.75) is 17.7 Å². The van der Waals surface area contributed by atoms with Gasteiger partial charge in [-0.1, -0.05) is 23.2 Å². The van der Waals surface area contributed by atoms with Crippen molar-refractivity contribution in [2.24, 2.45) is 0 Å². The molecule has 0 aromatic heterocycles. The molecule has 13 heteroatoms. The SMILES string of the molecule is COc1ccc(S(=O)(=O)N2CCCC2)cc1NC(=O)CN(c1ccc(Cl)cc1Cl)S(C)(=O)=O. The van der Waals surface area contributed by atoms with Gasteiger partial charge in [0, 0.05) is 18.1 Å². The van der Waals surface area contributed by atoms with Crippen LogP contribution in [0.25, 0.3) is 0 Å². The molecule has 180 valence electrons. The zero-order chi connectivity index (χ0) is 24.4. The van der Waals surface area contributed by atoms with E-state index in [1.807, 2.05) is 0 Å². The van der Waals surface area contributed by atoms with Crippen LogP contribution in [0.15, 0.2) is 41.3 Å². The second-order valence-corrected chi connectivity index (χ2v) is 12.1. The predicted octanol–water partition coefficient (Wildman–Crippen LogP) is 3.19. The number of methoxy groups -OCH3 is 1. The Bertz CT molecular complexity index is 1260. The van der Waals surface area contributed by atoms with E-state index in [1.54, 1.807) is 0 Å². The van der Waals surface area contributed by atoms with Crippen LogP contribution >= 0.6 is 23.2 Å². The van der Waals surface area contributed by atoms with Gasteiger partial charge in [-0.05, 0) is 49.2 Å². The van der Waals surface area contributed by atoms with E-state index in [4.69, 9.17) is 27.9 Å². The highest BCUT2D eigenvalue weighted by molar-refractivity contribution is 7.92.